The third kappa shape index (κ3) is 5.17. The molecule has 2 aromatic carbocycles. The first-order valence-corrected chi connectivity index (χ1v) is 11.0. The maximum absolute atomic E-state index is 12.3. The summed E-state index contributed by atoms with van der Waals surface area (Å²) in [4.78, 5) is 16.6. The van der Waals surface area contributed by atoms with Gasteiger partial charge in [-0.1, -0.05) is 41.9 Å². The maximum atomic E-state index is 12.3. The Kier molecular flexibility index (Phi) is 6.46. The predicted octanol–water partition coefficient (Wildman–Crippen LogP) is 3.87. The van der Waals surface area contributed by atoms with Crippen LogP contribution in [0.3, 0.4) is 0 Å². The van der Waals surface area contributed by atoms with Crippen LogP contribution in [-0.4, -0.2) is 25.4 Å². The third-order valence-electron chi connectivity index (χ3n) is 3.74. The van der Waals surface area contributed by atoms with E-state index in [1.165, 1.54) is 42.5 Å². The monoisotopic (exact) mass is 436 g/mol. The number of benzene rings is 2. The molecule has 0 aliphatic rings. The highest BCUT2D eigenvalue weighted by atomic mass is 35.5. The number of hydrogen-bond acceptors (Lipinski definition) is 6. The Morgan fingerprint density at radius 3 is 2.54 bits per heavy atom. The lowest BCUT2D eigenvalue weighted by molar-refractivity contribution is -0.146. The number of esters is 1. The second-order valence-corrected chi connectivity index (χ2v) is 8.92. The van der Waals surface area contributed by atoms with Gasteiger partial charge in [0.2, 0.25) is 10.0 Å². The zero-order valence-electron chi connectivity index (χ0n) is 14.8. The summed E-state index contributed by atoms with van der Waals surface area (Å²) in [6.07, 6.45) is 0. The molecule has 6 nitrogen and oxygen atoms in total. The van der Waals surface area contributed by atoms with Crippen molar-refractivity contribution in [2.75, 3.05) is 0 Å². The average molecular weight is 437 g/mol. The zero-order valence-corrected chi connectivity index (χ0v) is 17.2. The van der Waals surface area contributed by atoms with Gasteiger partial charge in [0.1, 0.15) is 17.7 Å². The highest BCUT2D eigenvalue weighted by Crippen LogP contribution is 2.23. The molecule has 0 saturated heterocycles. The first-order valence-electron chi connectivity index (χ1n) is 8.29. The molecule has 1 heterocycles. The fourth-order valence-electron chi connectivity index (χ4n) is 2.32. The van der Waals surface area contributed by atoms with E-state index in [4.69, 9.17) is 16.3 Å². The molecule has 0 aliphatic heterocycles. The number of rotatable bonds is 7. The number of sulfonamides is 1. The summed E-state index contributed by atoms with van der Waals surface area (Å²) >= 11 is 7.21. The predicted molar refractivity (Wildman–Crippen MR) is 109 cm³/mol. The molecule has 9 heteroatoms. The lowest BCUT2D eigenvalue weighted by atomic mass is 10.2. The molecule has 3 rings (SSSR count). The van der Waals surface area contributed by atoms with Gasteiger partial charge in [-0.15, -0.1) is 11.3 Å². The normalized spacial score (nSPS) is 12.5. The highest BCUT2D eigenvalue weighted by molar-refractivity contribution is 7.89. The van der Waals surface area contributed by atoms with Crippen molar-refractivity contribution in [1.82, 2.24) is 9.71 Å². The summed E-state index contributed by atoms with van der Waals surface area (Å²) < 4.78 is 32.1. The first kappa shape index (κ1) is 20.5. The summed E-state index contributed by atoms with van der Waals surface area (Å²) in [5, 5.41) is 3.05. The van der Waals surface area contributed by atoms with Gasteiger partial charge in [0, 0.05) is 16.0 Å². The molecule has 0 spiro atoms. The van der Waals surface area contributed by atoms with Gasteiger partial charge in [-0.05, 0) is 31.2 Å². The van der Waals surface area contributed by atoms with Gasteiger partial charge in [-0.25, -0.2) is 13.4 Å². The molecule has 0 fully saturated rings. The maximum Gasteiger partial charge on any atom is 0.324 e. The smallest absolute Gasteiger partial charge is 0.324 e. The standard InChI is InChI=1S/C19H17ClN2O4S2/c1-13(22-28(24,25)17-9-7-15(20)8-10-17)19(23)26-11-16-12-27-18(21-16)14-5-3-2-4-6-14/h2-10,12-13,22H,11H2,1H3. The van der Waals surface area contributed by atoms with E-state index in [1.807, 2.05) is 30.3 Å². The fourth-order valence-corrected chi connectivity index (χ4v) is 4.45. The number of thiazole rings is 1. The quantitative estimate of drug-likeness (QED) is 0.568. The van der Waals surface area contributed by atoms with E-state index < -0.39 is 22.0 Å². The fraction of sp³-hybridized carbons (Fsp3) is 0.158. The number of hydrogen-bond donors (Lipinski definition) is 1. The minimum Gasteiger partial charge on any atom is -0.458 e. The molecule has 28 heavy (non-hydrogen) atoms. The minimum atomic E-state index is -3.86. The van der Waals surface area contributed by atoms with E-state index in [0.29, 0.717) is 10.7 Å². The lowest BCUT2D eigenvalue weighted by Crippen LogP contribution is -2.39. The number of nitrogens with zero attached hydrogens (tertiary/aromatic N) is 1. The summed E-state index contributed by atoms with van der Waals surface area (Å²) in [6.45, 7) is 1.39. The van der Waals surface area contributed by atoms with E-state index in [0.717, 1.165) is 10.6 Å². The average Bonchev–Trinajstić information content (AvgIpc) is 3.16. The van der Waals surface area contributed by atoms with Crippen molar-refractivity contribution >= 4 is 38.9 Å². The zero-order chi connectivity index (χ0) is 20.1. The van der Waals surface area contributed by atoms with Crippen LogP contribution in [0.2, 0.25) is 5.02 Å². The van der Waals surface area contributed by atoms with E-state index in [2.05, 4.69) is 9.71 Å². The van der Waals surface area contributed by atoms with Gasteiger partial charge in [-0.2, -0.15) is 4.72 Å². The van der Waals surface area contributed by atoms with E-state index in [9.17, 15) is 13.2 Å². The van der Waals surface area contributed by atoms with Crippen molar-refractivity contribution in [1.29, 1.82) is 0 Å². The van der Waals surface area contributed by atoms with Gasteiger partial charge in [0.15, 0.2) is 0 Å². The number of halogens is 1. The lowest BCUT2D eigenvalue weighted by Gasteiger charge is -2.13. The Morgan fingerprint density at radius 2 is 1.86 bits per heavy atom. The van der Waals surface area contributed by atoms with E-state index >= 15 is 0 Å². The number of carbonyl (C=O) groups is 1. The van der Waals surface area contributed by atoms with Crippen LogP contribution in [0, 0.1) is 0 Å². The number of nitrogens with one attached hydrogen (secondary N) is 1. The molecule has 0 bridgehead atoms. The summed E-state index contributed by atoms with van der Waals surface area (Å²) in [5.41, 5.74) is 1.58. The molecule has 0 aliphatic carbocycles. The van der Waals surface area contributed by atoms with Crippen molar-refractivity contribution in [3.63, 3.8) is 0 Å². The largest absolute Gasteiger partial charge is 0.458 e. The molecule has 146 valence electrons. The van der Waals surface area contributed by atoms with Crippen LogP contribution in [0.25, 0.3) is 10.6 Å². The molecule has 0 radical (unpaired) electrons. The van der Waals surface area contributed by atoms with Crippen LogP contribution in [0.5, 0.6) is 0 Å². The molecular formula is C19H17ClN2O4S2. The van der Waals surface area contributed by atoms with Gasteiger partial charge in [0.05, 0.1) is 10.6 Å². The molecule has 1 unspecified atom stereocenters. The number of aromatic nitrogens is 1. The van der Waals surface area contributed by atoms with Gasteiger partial charge >= 0.3 is 5.97 Å². The Balaban J connectivity index is 1.57. The van der Waals surface area contributed by atoms with Crippen molar-refractivity contribution in [3.8, 4) is 10.6 Å². The second kappa shape index (κ2) is 8.83. The van der Waals surface area contributed by atoms with Crippen molar-refractivity contribution in [2.45, 2.75) is 24.5 Å². The van der Waals surface area contributed by atoms with Crippen molar-refractivity contribution in [2.24, 2.45) is 0 Å². The van der Waals surface area contributed by atoms with Crippen molar-refractivity contribution in [3.05, 3.63) is 70.7 Å². The van der Waals surface area contributed by atoms with Gasteiger partial charge < -0.3 is 4.74 Å². The van der Waals surface area contributed by atoms with E-state index in [-0.39, 0.29) is 11.5 Å². The van der Waals surface area contributed by atoms with Crippen LogP contribution in [-0.2, 0) is 26.2 Å². The Morgan fingerprint density at radius 1 is 1.18 bits per heavy atom. The summed E-state index contributed by atoms with van der Waals surface area (Å²) in [7, 11) is -3.86. The third-order valence-corrected chi connectivity index (χ3v) is 6.49. The Bertz CT molecular complexity index is 1050. The SMILES string of the molecule is CC(NS(=O)(=O)c1ccc(Cl)cc1)C(=O)OCc1csc(-c2ccccc2)n1. The van der Waals surface area contributed by atoms with Crippen LogP contribution in [0.1, 0.15) is 12.6 Å². The topological polar surface area (TPSA) is 85.4 Å². The molecule has 3 aromatic rings. The van der Waals surface area contributed by atoms with E-state index in [1.54, 1.807) is 5.38 Å². The molecule has 1 N–H and O–H groups in total. The Labute approximate surface area is 172 Å². The molecular weight excluding hydrogens is 420 g/mol. The highest BCUT2D eigenvalue weighted by Gasteiger charge is 2.23. The first-order chi connectivity index (χ1) is 13.3. The second-order valence-electron chi connectivity index (χ2n) is 5.91. The number of ether oxygens (including phenoxy) is 1. The van der Waals surface area contributed by atoms with Gasteiger partial charge in [-0.3, -0.25) is 4.79 Å². The summed E-state index contributed by atoms with van der Waals surface area (Å²) in [5.74, 6) is -0.688. The van der Waals surface area contributed by atoms with Crippen LogP contribution >= 0.6 is 22.9 Å². The molecule has 1 atom stereocenters. The van der Waals surface area contributed by atoms with Gasteiger partial charge in [0.25, 0.3) is 0 Å². The van der Waals surface area contributed by atoms with Crippen LogP contribution < -0.4 is 4.72 Å². The number of carbonyl (C=O) groups excluding carboxylic acids is 1. The molecule has 1 aromatic heterocycles. The minimum absolute atomic E-state index is 0.0172. The van der Waals surface area contributed by atoms with Crippen LogP contribution in [0.4, 0.5) is 0 Å². The molecule has 0 saturated carbocycles. The summed E-state index contributed by atoms with van der Waals surface area (Å²) in [6, 6.07) is 14.3. The van der Waals surface area contributed by atoms with Crippen molar-refractivity contribution < 1.29 is 17.9 Å². The Hall–Kier alpha value is -2.26. The molecule has 0 amide bonds. The van der Waals surface area contributed by atoms with Crippen LogP contribution in [0.15, 0.2) is 64.9 Å².